The number of nitrogens with two attached hydrogens (primary N) is 1. The van der Waals surface area contributed by atoms with Gasteiger partial charge in [-0.05, 0) is 5.92 Å². The van der Waals surface area contributed by atoms with Gasteiger partial charge < -0.3 is 15.8 Å². The Kier molecular flexibility index (Phi) is 4.78. The molecule has 3 N–H and O–H groups in total. The van der Waals surface area contributed by atoms with Crippen molar-refractivity contribution in [1.82, 2.24) is 9.97 Å². The predicted octanol–water partition coefficient (Wildman–Crippen LogP) is 0.789. The Hall–Kier alpha value is -1.96. The van der Waals surface area contributed by atoms with Gasteiger partial charge in [0, 0.05) is 12.6 Å². The van der Waals surface area contributed by atoms with Crippen molar-refractivity contribution < 1.29 is 9.66 Å². The van der Waals surface area contributed by atoms with Crippen LogP contribution in [-0.4, -0.2) is 34.6 Å². The molecule has 1 rings (SSSR count). The molecule has 0 bridgehead atoms. The van der Waals surface area contributed by atoms with Crippen molar-refractivity contribution in [3.8, 4) is 5.88 Å². The molecule has 1 aromatic heterocycles. The lowest BCUT2D eigenvalue weighted by Crippen LogP contribution is -2.34. The van der Waals surface area contributed by atoms with E-state index in [1.165, 1.54) is 13.4 Å². The molecule has 1 heterocycles. The Labute approximate surface area is 105 Å². The topological polar surface area (TPSA) is 116 Å². The first kappa shape index (κ1) is 14.1. The standard InChI is InChI=1S/C10H17N5O3/c1-6(2)7(11)4-12-9-8(15(16)17)10(18-3)14-5-13-9/h5-7H,4,11H2,1-3H3,(H,12,13,14). The van der Waals surface area contributed by atoms with Gasteiger partial charge in [0.2, 0.25) is 5.82 Å². The van der Waals surface area contributed by atoms with Gasteiger partial charge in [-0.2, -0.15) is 4.98 Å². The van der Waals surface area contributed by atoms with Gasteiger partial charge in [0.05, 0.1) is 12.0 Å². The molecule has 8 heteroatoms. The Morgan fingerprint density at radius 2 is 2.22 bits per heavy atom. The Balaban J connectivity index is 2.91. The number of nitrogens with zero attached hydrogens (tertiary/aromatic N) is 3. The number of hydrogen-bond acceptors (Lipinski definition) is 7. The second-order valence-electron chi connectivity index (χ2n) is 4.13. The van der Waals surface area contributed by atoms with E-state index in [0.717, 1.165) is 0 Å². The monoisotopic (exact) mass is 255 g/mol. The third kappa shape index (κ3) is 3.27. The number of nitro groups is 1. The van der Waals surface area contributed by atoms with Crippen LogP contribution < -0.4 is 15.8 Å². The first-order chi connectivity index (χ1) is 8.47. The molecule has 0 radical (unpaired) electrons. The van der Waals surface area contributed by atoms with Crippen molar-refractivity contribution in [1.29, 1.82) is 0 Å². The summed E-state index contributed by atoms with van der Waals surface area (Å²) in [5, 5.41) is 13.8. The van der Waals surface area contributed by atoms with E-state index in [0.29, 0.717) is 6.54 Å². The van der Waals surface area contributed by atoms with Crippen LogP contribution in [0.25, 0.3) is 0 Å². The lowest BCUT2D eigenvalue weighted by molar-refractivity contribution is -0.385. The molecule has 1 unspecified atom stereocenters. The highest BCUT2D eigenvalue weighted by molar-refractivity contribution is 5.61. The first-order valence-electron chi connectivity index (χ1n) is 5.50. The zero-order valence-corrected chi connectivity index (χ0v) is 10.6. The molecule has 100 valence electrons. The van der Waals surface area contributed by atoms with Crippen LogP contribution in [0.1, 0.15) is 13.8 Å². The van der Waals surface area contributed by atoms with E-state index in [2.05, 4.69) is 15.3 Å². The number of nitrogens with one attached hydrogen (secondary N) is 1. The maximum Gasteiger partial charge on any atom is 0.372 e. The predicted molar refractivity (Wildman–Crippen MR) is 66.5 cm³/mol. The number of rotatable bonds is 6. The van der Waals surface area contributed by atoms with E-state index in [4.69, 9.17) is 10.5 Å². The lowest BCUT2D eigenvalue weighted by atomic mass is 10.1. The van der Waals surface area contributed by atoms with Gasteiger partial charge in [0.15, 0.2) is 0 Å². The average molecular weight is 255 g/mol. The summed E-state index contributed by atoms with van der Waals surface area (Å²) in [6.07, 6.45) is 1.20. The van der Waals surface area contributed by atoms with Crippen molar-refractivity contribution in [2.75, 3.05) is 19.0 Å². The van der Waals surface area contributed by atoms with E-state index in [-0.39, 0.29) is 29.3 Å². The van der Waals surface area contributed by atoms with Gasteiger partial charge in [-0.15, -0.1) is 0 Å². The average Bonchev–Trinajstić information content (AvgIpc) is 2.34. The number of anilines is 1. The third-order valence-electron chi connectivity index (χ3n) is 2.53. The van der Waals surface area contributed by atoms with Crippen molar-refractivity contribution in [3.05, 3.63) is 16.4 Å². The fraction of sp³-hybridized carbons (Fsp3) is 0.600. The molecule has 0 fully saturated rings. The van der Waals surface area contributed by atoms with Crippen LogP contribution >= 0.6 is 0 Å². The normalized spacial score (nSPS) is 12.3. The summed E-state index contributed by atoms with van der Waals surface area (Å²) in [7, 11) is 1.32. The maximum absolute atomic E-state index is 11.0. The molecule has 0 aliphatic rings. The maximum atomic E-state index is 11.0. The van der Waals surface area contributed by atoms with Crippen molar-refractivity contribution in [2.45, 2.75) is 19.9 Å². The number of aromatic nitrogens is 2. The molecule has 0 saturated heterocycles. The molecule has 0 amide bonds. The quantitative estimate of drug-likeness (QED) is 0.570. The van der Waals surface area contributed by atoms with Crippen LogP contribution in [0.4, 0.5) is 11.5 Å². The van der Waals surface area contributed by atoms with Crippen molar-refractivity contribution in [3.63, 3.8) is 0 Å². The highest BCUT2D eigenvalue weighted by Crippen LogP contribution is 2.30. The Bertz CT molecular complexity index is 424. The van der Waals surface area contributed by atoms with Gasteiger partial charge in [-0.3, -0.25) is 10.1 Å². The molecule has 1 aromatic rings. The fourth-order valence-electron chi connectivity index (χ4n) is 1.26. The Morgan fingerprint density at radius 1 is 1.56 bits per heavy atom. The van der Waals surface area contributed by atoms with Gasteiger partial charge in [0.1, 0.15) is 6.33 Å². The zero-order valence-electron chi connectivity index (χ0n) is 10.6. The van der Waals surface area contributed by atoms with E-state index < -0.39 is 4.92 Å². The van der Waals surface area contributed by atoms with Crippen LogP contribution in [0.3, 0.4) is 0 Å². The Morgan fingerprint density at radius 3 is 2.72 bits per heavy atom. The zero-order chi connectivity index (χ0) is 13.7. The van der Waals surface area contributed by atoms with Crippen LogP contribution in [0.2, 0.25) is 0 Å². The molecule has 0 aromatic carbocycles. The summed E-state index contributed by atoms with van der Waals surface area (Å²) < 4.78 is 4.84. The van der Waals surface area contributed by atoms with Crippen LogP contribution in [0.5, 0.6) is 5.88 Å². The molecule has 1 atom stereocenters. The fourth-order valence-corrected chi connectivity index (χ4v) is 1.26. The molecule has 8 nitrogen and oxygen atoms in total. The summed E-state index contributed by atoms with van der Waals surface area (Å²) in [6.45, 7) is 4.33. The van der Waals surface area contributed by atoms with Crippen molar-refractivity contribution in [2.24, 2.45) is 11.7 Å². The van der Waals surface area contributed by atoms with Crippen LogP contribution in [0.15, 0.2) is 6.33 Å². The highest BCUT2D eigenvalue weighted by Gasteiger charge is 2.24. The second kappa shape index (κ2) is 6.10. The summed E-state index contributed by atoms with van der Waals surface area (Å²) in [6, 6.07) is -0.120. The van der Waals surface area contributed by atoms with E-state index in [9.17, 15) is 10.1 Å². The van der Waals surface area contributed by atoms with Gasteiger partial charge >= 0.3 is 5.69 Å². The summed E-state index contributed by atoms with van der Waals surface area (Å²) in [5.41, 5.74) is 5.57. The largest absolute Gasteiger partial charge is 0.476 e. The summed E-state index contributed by atoms with van der Waals surface area (Å²) in [4.78, 5) is 17.9. The van der Waals surface area contributed by atoms with Crippen molar-refractivity contribution >= 4 is 11.5 Å². The number of ether oxygens (including phenoxy) is 1. The van der Waals surface area contributed by atoms with E-state index in [1.54, 1.807) is 0 Å². The summed E-state index contributed by atoms with van der Waals surface area (Å²) >= 11 is 0. The van der Waals surface area contributed by atoms with E-state index in [1.807, 2.05) is 13.8 Å². The molecule has 0 spiro atoms. The molecular weight excluding hydrogens is 238 g/mol. The minimum Gasteiger partial charge on any atom is -0.476 e. The number of hydrogen-bond donors (Lipinski definition) is 2. The third-order valence-corrected chi connectivity index (χ3v) is 2.53. The lowest BCUT2D eigenvalue weighted by Gasteiger charge is -2.16. The molecular formula is C10H17N5O3. The molecule has 18 heavy (non-hydrogen) atoms. The minimum absolute atomic E-state index is 0.0735. The van der Waals surface area contributed by atoms with Gasteiger partial charge in [-0.25, -0.2) is 4.98 Å². The SMILES string of the molecule is COc1ncnc(NCC(N)C(C)C)c1[N+](=O)[O-]. The minimum atomic E-state index is -0.581. The smallest absolute Gasteiger partial charge is 0.372 e. The second-order valence-corrected chi connectivity index (χ2v) is 4.13. The van der Waals surface area contributed by atoms with Gasteiger partial charge in [-0.1, -0.05) is 13.8 Å². The molecule has 0 aliphatic heterocycles. The summed E-state index contributed by atoms with van der Waals surface area (Å²) in [5.74, 6) is 0.304. The van der Waals surface area contributed by atoms with Crippen LogP contribution in [-0.2, 0) is 0 Å². The van der Waals surface area contributed by atoms with E-state index >= 15 is 0 Å². The first-order valence-corrected chi connectivity index (χ1v) is 5.50. The number of methoxy groups -OCH3 is 1. The van der Waals surface area contributed by atoms with Gasteiger partial charge in [0.25, 0.3) is 5.88 Å². The van der Waals surface area contributed by atoms with Crippen LogP contribution in [0, 0.1) is 16.0 Å². The molecule has 0 saturated carbocycles. The molecule has 0 aliphatic carbocycles. The highest BCUT2D eigenvalue weighted by atomic mass is 16.6.